The molecule has 1 heterocycles. The Bertz CT molecular complexity index is 564. The van der Waals surface area contributed by atoms with E-state index in [0.29, 0.717) is 0 Å². The van der Waals surface area contributed by atoms with Gasteiger partial charge in [0.15, 0.2) is 5.16 Å². The maximum atomic E-state index is 6.12. The Kier molecular flexibility index (Phi) is 5.02. The number of aryl methyl sites for hydroxylation is 2. The van der Waals surface area contributed by atoms with Crippen LogP contribution in [0.1, 0.15) is 29.1 Å². The molecule has 0 amide bonds. The standard InChI is InChI=1S/C15H18ClN3S/c1-9-8-10(2)19-15(18-9)20-14(11(3)17)12-4-6-13(16)7-5-12/h4-8,11,14H,17H2,1-3H3. The molecule has 3 nitrogen and oxygen atoms in total. The van der Waals surface area contributed by atoms with Crippen molar-refractivity contribution in [2.24, 2.45) is 5.73 Å². The summed E-state index contributed by atoms with van der Waals surface area (Å²) in [5.74, 6) is 0. The van der Waals surface area contributed by atoms with Crippen LogP contribution in [0.4, 0.5) is 0 Å². The number of nitrogens with zero attached hydrogens (tertiary/aromatic N) is 2. The molecule has 0 radical (unpaired) electrons. The minimum atomic E-state index is -0.00871. The Morgan fingerprint density at radius 2 is 1.65 bits per heavy atom. The second-order valence-corrected chi connectivity index (χ2v) is 6.43. The average molecular weight is 308 g/mol. The molecule has 0 aliphatic carbocycles. The summed E-state index contributed by atoms with van der Waals surface area (Å²) in [6, 6.07) is 9.74. The molecule has 0 fully saturated rings. The highest BCUT2D eigenvalue weighted by Gasteiger charge is 2.19. The summed E-state index contributed by atoms with van der Waals surface area (Å²) >= 11 is 7.53. The van der Waals surface area contributed by atoms with Crippen molar-refractivity contribution in [3.05, 3.63) is 52.3 Å². The van der Waals surface area contributed by atoms with Gasteiger partial charge in [0.1, 0.15) is 0 Å². The third-order valence-electron chi connectivity index (χ3n) is 2.87. The zero-order valence-electron chi connectivity index (χ0n) is 11.8. The van der Waals surface area contributed by atoms with Crippen molar-refractivity contribution in [1.29, 1.82) is 0 Å². The summed E-state index contributed by atoms with van der Waals surface area (Å²) in [5.41, 5.74) is 9.20. The molecule has 2 atom stereocenters. The minimum Gasteiger partial charge on any atom is -0.327 e. The molecule has 20 heavy (non-hydrogen) atoms. The lowest BCUT2D eigenvalue weighted by Crippen LogP contribution is -2.22. The van der Waals surface area contributed by atoms with Crippen molar-refractivity contribution in [3.63, 3.8) is 0 Å². The van der Waals surface area contributed by atoms with E-state index in [1.165, 1.54) is 0 Å². The molecule has 1 aromatic heterocycles. The number of aromatic nitrogens is 2. The number of thioether (sulfide) groups is 1. The first-order valence-corrected chi connectivity index (χ1v) is 7.71. The molecule has 1 aromatic carbocycles. The normalized spacial score (nSPS) is 14.1. The zero-order chi connectivity index (χ0) is 14.7. The highest BCUT2D eigenvalue weighted by Crippen LogP contribution is 2.35. The molecule has 0 saturated heterocycles. The first-order valence-electron chi connectivity index (χ1n) is 6.45. The van der Waals surface area contributed by atoms with Gasteiger partial charge >= 0.3 is 0 Å². The first kappa shape index (κ1) is 15.3. The molecule has 2 N–H and O–H groups in total. The minimum absolute atomic E-state index is 0.00871. The van der Waals surface area contributed by atoms with E-state index in [4.69, 9.17) is 17.3 Å². The van der Waals surface area contributed by atoms with Gasteiger partial charge < -0.3 is 5.73 Å². The summed E-state index contributed by atoms with van der Waals surface area (Å²) in [6.07, 6.45) is 0. The fourth-order valence-electron chi connectivity index (χ4n) is 1.99. The average Bonchev–Trinajstić information content (AvgIpc) is 2.36. The van der Waals surface area contributed by atoms with Gasteiger partial charge in [0.25, 0.3) is 0 Å². The maximum Gasteiger partial charge on any atom is 0.188 e. The van der Waals surface area contributed by atoms with Crippen LogP contribution >= 0.6 is 23.4 Å². The Morgan fingerprint density at radius 1 is 1.10 bits per heavy atom. The molecule has 106 valence electrons. The van der Waals surface area contributed by atoms with Gasteiger partial charge in [-0.15, -0.1) is 0 Å². The summed E-state index contributed by atoms with van der Waals surface area (Å²) < 4.78 is 0. The molecule has 0 aliphatic heterocycles. The lowest BCUT2D eigenvalue weighted by Gasteiger charge is -2.20. The van der Waals surface area contributed by atoms with E-state index >= 15 is 0 Å². The van der Waals surface area contributed by atoms with Gasteiger partial charge in [-0.05, 0) is 44.5 Å². The second-order valence-electron chi connectivity index (χ2n) is 4.88. The molecule has 0 aliphatic rings. The van der Waals surface area contributed by atoms with Crippen LogP contribution in [0.3, 0.4) is 0 Å². The predicted octanol–water partition coefficient (Wildman–Crippen LogP) is 3.93. The molecule has 2 unspecified atom stereocenters. The quantitative estimate of drug-likeness (QED) is 0.687. The number of benzene rings is 1. The zero-order valence-corrected chi connectivity index (χ0v) is 13.4. The molecule has 5 heteroatoms. The summed E-state index contributed by atoms with van der Waals surface area (Å²) in [5, 5.41) is 1.60. The molecular formula is C15H18ClN3S. The summed E-state index contributed by atoms with van der Waals surface area (Å²) in [6.45, 7) is 5.94. The third-order valence-corrected chi connectivity index (χ3v) is 4.47. The van der Waals surface area contributed by atoms with Gasteiger partial charge in [0.2, 0.25) is 0 Å². The molecule has 0 bridgehead atoms. The van der Waals surface area contributed by atoms with E-state index in [0.717, 1.165) is 27.1 Å². The summed E-state index contributed by atoms with van der Waals surface area (Å²) in [7, 11) is 0. The first-order chi connectivity index (χ1) is 9.45. The van der Waals surface area contributed by atoms with Gasteiger partial charge in [-0.2, -0.15) is 0 Å². The lowest BCUT2D eigenvalue weighted by molar-refractivity contribution is 0.717. The number of halogens is 1. The van der Waals surface area contributed by atoms with E-state index in [-0.39, 0.29) is 11.3 Å². The third kappa shape index (κ3) is 3.95. The number of nitrogens with two attached hydrogens (primary N) is 1. The number of hydrogen-bond donors (Lipinski definition) is 1. The van der Waals surface area contributed by atoms with Crippen LogP contribution in [-0.2, 0) is 0 Å². The van der Waals surface area contributed by atoms with Gasteiger partial charge in [-0.3, -0.25) is 0 Å². The van der Waals surface area contributed by atoms with Crippen LogP contribution in [0.2, 0.25) is 5.02 Å². The molecule has 0 saturated carbocycles. The Morgan fingerprint density at radius 3 is 2.15 bits per heavy atom. The Labute approximate surface area is 129 Å². The Hall–Kier alpha value is -1.10. The van der Waals surface area contributed by atoms with E-state index in [2.05, 4.69) is 9.97 Å². The van der Waals surface area contributed by atoms with E-state index in [1.807, 2.05) is 51.1 Å². The molecule has 0 spiro atoms. The van der Waals surface area contributed by atoms with Crippen molar-refractivity contribution in [2.45, 2.75) is 37.2 Å². The monoisotopic (exact) mass is 307 g/mol. The molecule has 2 rings (SSSR count). The van der Waals surface area contributed by atoms with Crippen LogP contribution < -0.4 is 5.73 Å². The van der Waals surface area contributed by atoms with Crippen molar-refractivity contribution in [1.82, 2.24) is 9.97 Å². The highest BCUT2D eigenvalue weighted by atomic mass is 35.5. The van der Waals surface area contributed by atoms with Gasteiger partial charge in [0, 0.05) is 22.5 Å². The van der Waals surface area contributed by atoms with Crippen LogP contribution in [0.25, 0.3) is 0 Å². The SMILES string of the molecule is Cc1cc(C)nc(SC(c2ccc(Cl)cc2)C(C)N)n1. The highest BCUT2D eigenvalue weighted by molar-refractivity contribution is 7.99. The fourth-order valence-corrected chi connectivity index (χ4v) is 3.25. The van der Waals surface area contributed by atoms with Crippen molar-refractivity contribution < 1.29 is 0 Å². The molecule has 2 aromatic rings. The fraction of sp³-hybridized carbons (Fsp3) is 0.333. The van der Waals surface area contributed by atoms with Crippen LogP contribution in [0.15, 0.2) is 35.5 Å². The van der Waals surface area contributed by atoms with Crippen molar-refractivity contribution in [3.8, 4) is 0 Å². The summed E-state index contributed by atoms with van der Waals surface area (Å²) in [4.78, 5) is 8.94. The van der Waals surface area contributed by atoms with Crippen LogP contribution in [0, 0.1) is 13.8 Å². The largest absolute Gasteiger partial charge is 0.327 e. The van der Waals surface area contributed by atoms with Crippen LogP contribution in [-0.4, -0.2) is 16.0 Å². The predicted molar refractivity (Wildman–Crippen MR) is 85.2 cm³/mol. The topological polar surface area (TPSA) is 51.8 Å². The van der Waals surface area contributed by atoms with Crippen molar-refractivity contribution in [2.75, 3.05) is 0 Å². The van der Waals surface area contributed by atoms with Crippen LogP contribution in [0.5, 0.6) is 0 Å². The smallest absolute Gasteiger partial charge is 0.188 e. The number of hydrogen-bond acceptors (Lipinski definition) is 4. The second kappa shape index (κ2) is 6.57. The van der Waals surface area contributed by atoms with Gasteiger partial charge in [-0.1, -0.05) is 35.5 Å². The van der Waals surface area contributed by atoms with E-state index < -0.39 is 0 Å². The van der Waals surface area contributed by atoms with E-state index in [9.17, 15) is 0 Å². The van der Waals surface area contributed by atoms with Crippen molar-refractivity contribution >= 4 is 23.4 Å². The van der Waals surface area contributed by atoms with Gasteiger partial charge in [0.05, 0.1) is 5.25 Å². The Balaban J connectivity index is 2.27. The lowest BCUT2D eigenvalue weighted by atomic mass is 10.1. The van der Waals surface area contributed by atoms with Gasteiger partial charge in [-0.25, -0.2) is 9.97 Å². The maximum absolute atomic E-state index is 6.12. The molecular weight excluding hydrogens is 290 g/mol. The van der Waals surface area contributed by atoms with E-state index in [1.54, 1.807) is 11.8 Å². The number of rotatable bonds is 4.